The molecule has 0 atom stereocenters. The fourth-order valence-corrected chi connectivity index (χ4v) is 1.06. The van der Waals surface area contributed by atoms with E-state index in [2.05, 4.69) is 4.99 Å². The van der Waals surface area contributed by atoms with Gasteiger partial charge in [0.05, 0.1) is 12.8 Å². The second-order valence-corrected chi connectivity index (χ2v) is 2.61. The zero-order valence-corrected chi connectivity index (χ0v) is 7.74. The van der Waals surface area contributed by atoms with Crippen molar-refractivity contribution < 1.29 is 4.74 Å². The maximum atomic E-state index is 5.73. The van der Waals surface area contributed by atoms with Crippen molar-refractivity contribution >= 4 is 17.6 Å². The van der Waals surface area contributed by atoms with Crippen LogP contribution in [0, 0.1) is 0 Å². The molecule has 0 heterocycles. The van der Waals surface area contributed by atoms with Crippen molar-refractivity contribution in [2.75, 3.05) is 25.6 Å². The Morgan fingerprint density at radius 3 is 2.54 bits per heavy atom. The summed E-state index contributed by atoms with van der Waals surface area (Å²) in [5, 5.41) is 0. The van der Waals surface area contributed by atoms with Gasteiger partial charge in [-0.1, -0.05) is 0 Å². The molecule has 0 aliphatic heterocycles. The summed E-state index contributed by atoms with van der Waals surface area (Å²) in [6.07, 6.45) is 1.66. The average Bonchev–Trinajstić information content (AvgIpc) is 2.11. The van der Waals surface area contributed by atoms with Gasteiger partial charge in [0.25, 0.3) is 0 Å². The van der Waals surface area contributed by atoms with E-state index in [1.807, 2.05) is 0 Å². The molecule has 0 aliphatic rings. The van der Waals surface area contributed by atoms with Gasteiger partial charge in [-0.05, 0) is 6.07 Å². The van der Waals surface area contributed by atoms with Crippen LogP contribution in [0.25, 0.3) is 0 Å². The first-order valence-corrected chi connectivity index (χ1v) is 3.84. The Hall–Kier alpha value is -1.71. The van der Waals surface area contributed by atoms with Crippen LogP contribution in [0.5, 0.6) is 5.75 Å². The molecule has 0 fully saturated rings. The molecular weight excluding hydrogens is 166 g/mol. The van der Waals surface area contributed by atoms with Gasteiger partial charge in [-0.3, -0.25) is 4.99 Å². The molecule has 4 heteroatoms. The number of ether oxygens (including phenoxy) is 1. The Labute approximate surface area is 77.2 Å². The highest BCUT2D eigenvalue weighted by Crippen LogP contribution is 2.26. The van der Waals surface area contributed by atoms with Crippen molar-refractivity contribution in [2.45, 2.75) is 0 Å². The molecule has 1 aromatic rings. The number of rotatable bonds is 2. The van der Waals surface area contributed by atoms with Crippen LogP contribution in [-0.4, -0.2) is 20.4 Å². The average molecular weight is 179 g/mol. The van der Waals surface area contributed by atoms with Crippen LogP contribution in [0.15, 0.2) is 17.1 Å². The third-order valence-electron chi connectivity index (χ3n) is 1.70. The van der Waals surface area contributed by atoms with E-state index in [1.165, 1.54) is 0 Å². The van der Waals surface area contributed by atoms with Crippen LogP contribution in [-0.2, 0) is 0 Å². The summed E-state index contributed by atoms with van der Waals surface area (Å²) in [6, 6.07) is 3.42. The third-order valence-corrected chi connectivity index (χ3v) is 1.70. The molecular formula is C9H13N3O. The first-order valence-electron chi connectivity index (χ1n) is 3.84. The van der Waals surface area contributed by atoms with Gasteiger partial charge >= 0.3 is 0 Å². The Morgan fingerprint density at radius 2 is 2.00 bits per heavy atom. The molecule has 4 nitrogen and oxygen atoms in total. The van der Waals surface area contributed by atoms with Gasteiger partial charge in [-0.2, -0.15) is 0 Å². The van der Waals surface area contributed by atoms with Crippen LogP contribution in [0.2, 0.25) is 0 Å². The van der Waals surface area contributed by atoms with Crippen molar-refractivity contribution in [1.82, 2.24) is 0 Å². The summed E-state index contributed by atoms with van der Waals surface area (Å²) >= 11 is 0. The standard InChI is InChI=1S/C9H13N3O/c1-12-5-6-3-8(11)9(13-2)4-7(6)10/h3-5H,10-11H2,1-2H3. The van der Waals surface area contributed by atoms with Crippen LogP contribution < -0.4 is 16.2 Å². The maximum Gasteiger partial charge on any atom is 0.143 e. The molecule has 0 radical (unpaired) electrons. The predicted octanol–water partition coefficient (Wildman–Crippen LogP) is 0.908. The van der Waals surface area contributed by atoms with E-state index < -0.39 is 0 Å². The van der Waals surface area contributed by atoms with E-state index in [4.69, 9.17) is 16.2 Å². The molecule has 1 rings (SSSR count). The summed E-state index contributed by atoms with van der Waals surface area (Å²) < 4.78 is 5.01. The molecule has 0 aliphatic carbocycles. The van der Waals surface area contributed by atoms with Gasteiger partial charge in [-0.25, -0.2) is 0 Å². The van der Waals surface area contributed by atoms with Crippen molar-refractivity contribution in [2.24, 2.45) is 4.99 Å². The monoisotopic (exact) mass is 179 g/mol. The van der Waals surface area contributed by atoms with Gasteiger partial charge in [0, 0.05) is 30.6 Å². The Kier molecular flexibility index (Phi) is 2.74. The quantitative estimate of drug-likeness (QED) is 0.523. The van der Waals surface area contributed by atoms with Crippen LogP contribution in [0.3, 0.4) is 0 Å². The SMILES string of the molecule is CN=Cc1cc(N)c(OC)cc1N. The number of benzene rings is 1. The van der Waals surface area contributed by atoms with Crippen molar-refractivity contribution in [1.29, 1.82) is 0 Å². The molecule has 0 spiro atoms. The summed E-state index contributed by atoms with van der Waals surface area (Å²) in [4.78, 5) is 3.86. The number of nitrogen functional groups attached to an aromatic ring is 2. The number of aliphatic imine (C=N–C) groups is 1. The lowest BCUT2D eigenvalue weighted by Gasteiger charge is -2.07. The van der Waals surface area contributed by atoms with E-state index in [-0.39, 0.29) is 0 Å². The Morgan fingerprint density at radius 1 is 1.31 bits per heavy atom. The number of hydrogen-bond donors (Lipinski definition) is 2. The summed E-state index contributed by atoms with van der Waals surface area (Å²) in [7, 11) is 3.23. The summed E-state index contributed by atoms with van der Waals surface area (Å²) in [6.45, 7) is 0. The summed E-state index contributed by atoms with van der Waals surface area (Å²) in [5.74, 6) is 0.589. The highest BCUT2D eigenvalue weighted by Gasteiger charge is 2.03. The van der Waals surface area contributed by atoms with E-state index in [9.17, 15) is 0 Å². The molecule has 0 bridgehead atoms. The number of nitrogens with zero attached hydrogens (tertiary/aromatic N) is 1. The smallest absolute Gasteiger partial charge is 0.143 e. The minimum absolute atomic E-state index is 0.562. The van der Waals surface area contributed by atoms with Crippen LogP contribution in [0.1, 0.15) is 5.56 Å². The molecule has 0 saturated heterocycles. The molecule has 0 amide bonds. The normalized spacial score (nSPS) is 10.6. The van der Waals surface area contributed by atoms with Crippen molar-refractivity contribution in [3.8, 4) is 5.75 Å². The Bertz CT molecular complexity index is 334. The first kappa shape index (κ1) is 9.38. The summed E-state index contributed by atoms with van der Waals surface area (Å²) in [5.41, 5.74) is 13.4. The largest absolute Gasteiger partial charge is 0.495 e. The third kappa shape index (κ3) is 1.90. The lowest BCUT2D eigenvalue weighted by atomic mass is 10.1. The molecule has 13 heavy (non-hydrogen) atoms. The van der Waals surface area contributed by atoms with Gasteiger partial charge in [0.15, 0.2) is 0 Å². The van der Waals surface area contributed by atoms with Crippen molar-refractivity contribution in [3.63, 3.8) is 0 Å². The van der Waals surface area contributed by atoms with E-state index in [1.54, 1.807) is 32.5 Å². The van der Waals surface area contributed by atoms with Gasteiger partial charge in [-0.15, -0.1) is 0 Å². The van der Waals surface area contributed by atoms with Crippen LogP contribution in [0.4, 0.5) is 11.4 Å². The molecule has 0 saturated carbocycles. The van der Waals surface area contributed by atoms with Gasteiger partial charge in [0.1, 0.15) is 5.75 Å². The predicted molar refractivity (Wildman–Crippen MR) is 55.3 cm³/mol. The van der Waals surface area contributed by atoms with Gasteiger partial charge in [0.2, 0.25) is 0 Å². The highest BCUT2D eigenvalue weighted by molar-refractivity contribution is 5.89. The number of nitrogens with two attached hydrogens (primary N) is 2. The topological polar surface area (TPSA) is 73.6 Å². The molecule has 4 N–H and O–H groups in total. The zero-order chi connectivity index (χ0) is 9.84. The maximum absolute atomic E-state index is 5.73. The van der Waals surface area contributed by atoms with E-state index in [0.29, 0.717) is 17.1 Å². The zero-order valence-electron chi connectivity index (χ0n) is 7.74. The molecule has 1 aromatic carbocycles. The molecule has 0 aromatic heterocycles. The molecule has 0 unspecified atom stereocenters. The second kappa shape index (κ2) is 3.80. The minimum atomic E-state index is 0.562. The fraction of sp³-hybridized carbons (Fsp3) is 0.222. The van der Waals surface area contributed by atoms with Gasteiger partial charge < -0.3 is 16.2 Å². The lowest BCUT2D eigenvalue weighted by Crippen LogP contribution is -1.99. The van der Waals surface area contributed by atoms with Crippen molar-refractivity contribution in [3.05, 3.63) is 17.7 Å². The van der Waals surface area contributed by atoms with E-state index >= 15 is 0 Å². The number of methoxy groups -OCH3 is 1. The lowest BCUT2D eigenvalue weighted by molar-refractivity contribution is 0.417. The number of hydrogen-bond acceptors (Lipinski definition) is 4. The molecule has 70 valence electrons. The first-order chi connectivity index (χ1) is 6.19. The van der Waals surface area contributed by atoms with E-state index in [0.717, 1.165) is 5.56 Å². The Balaban J connectivity index is 3.20. The fourth-order valence-electron chi connectivity index (χ4n) is 1.06. The number of anilines is 2. The highest BCUT2D eigenvalue weighted by atomic mass is 16.5. The second-order valence-electron chi connectivity index (χ2n) is 2.61. The van der Waals surface area contributed by atoms with Crippen LogP contribution >= 0.6 is 0 Å². The minimum Gasteiger partial charge on any atom is -0.495 e.